The highest BCUT2D eigenvalue weighted by molar-refractivity contribution is 6.31. The molecule has 10 nitrogen and oxygen atoms in total. The Morgan fingerprint density at radius 2 is 2.14 bits per heavy atom. The summed E-state index contributed by atoms with van der Waals surface area (Å²) in [5.74, 6) is -2.11. The lowest BCUT2D eigenvalue weighted by Gasteiger charge is -2.10. The summed E-state index contributed by atoms with van der Waals surface area (Å²) >= 11 is 6.17. The number of hydrogen-bond donors (Lipinski definition) is 2. The summed E-state index contributed by atoms with van der Waals surface area (Å²) in [4.78, 5) is 42.2. The molecule has 0 spiro atoms. The van der Waals surface area contributed by atoms with Gasteiger partial charge in [0, 0.05) is 17.4 Å². The predicted molar refractivity (Wildman–Crippen MR) is 98.4 cm³/mol. The third kappa shape index (κ3) is 2.79. The molecule has 0 aliphatic carbocycles. The molecular weight excluding hydrogens is 390 g/mol. The largest absolute Gasteiger partial charge is 0.478 e. The molecule has 1 aromatic carbocycles. The maximum atomic E-state index is 12.4. The number of aromatic nitrogens is 5. The number of fused-ring (bicyclic) bond motifs is 3. The van der Waals surface area contributed by atoms with Gasteiger partial charge in [0.05, 0.1) is 23.4 Å². The van der Waals surface area contributed by atoms with Crippen molar-refractivity contribution in [3.8, 4) is 5.69 Å². The van der Waals surface area contributed by atoms with Gasteiger partial charge in [-0.15, -0.1) is 5.10 Å². The molecule has 0 amide bonds. The van der Waals surface area contributed by atoms with Gasteiger partial charge in [-0.2, -0.15) is 4.98 Å². The fourth-order valence-corrected chi connectivity index (χ4v) is 3.06. The zero-order valence-corrected chi connectivity index (χ0v) is 15.1. The molecule has 0 atom stereocenters. The van der Waals surface area contributed by atoms with Gasteiger partial charge < -0.3 is 19.4 Å². The van der Waals surface area contributed by atoms with E-state index < -0.39 is 17.5 Å². The lowest BCUT2D eigenvalue weighted by molar-refractivity contribution is 0.0512. The summed E-state index contributed by atoms with van der Waals surface area (Å²) in [6, 6.07) is 4.52. The monoisotopic (exact) mass is 401 g/mol. The van der Waals surface area contributed by atoms with Crippen molar-refractivity contribution in [2.24, 2.45) is 0 Å². The number of carbonyl (C=O) groups excluding carboxylic acids is 1. The highest BCUT2D eigenvalue weighted by Crippen LogP contribution is 2.26. The van der Waals surface area contributed by atoms with E-state index in [2.05, 4.69) is 15.1 Å². The molecule has 3 heterocycles. The number of aromatic amines is 1. The van der Waals surface area contributed by atoms with Crippen molar-refractivity contribution in [1.29, 1.82) is 0 Å². The predicted octanol–water partition coefficient (Wildman–Crippen LogP) is 1.89. The fraction of sp³-hybridized carbons (Fsp3) is 0.118. The molecule has 0 aliphatic heterocycles. The molecule has 0 radical (unpaired) electrons. The van der Waals surface area contributed by atoms with Crippen molar-refractivity contribution in [2.45, 2.75) is 6.92 Å². The molecule has 11 heteroatoms. The van der Waals surface area contributed by atoms with E-state index in [1.807, 2.05) is 0 Å². The number of rotatable bonds is 4. The molecule has 28 heavy (non-hydrogen) atoms. The van der Waals surface area contributed by atoms with Gasteiger partial charge in [0.2, 0.25) is 5.65 Å². The molecule has 0 bridgehead atoms. The molecule has 4 aromatic rings. The van der Waals surface area contributed by atoms with Gasteiger partial charge in [0.1, 0.15) is 5.52 Å². The van der Waals surface area contributed by atoms with Crippen LogP contribution in [0.2, 0.25) is 5.02 Å². The SMILES string of the molecule is CCOC(=O)c1nc2c(=O)[nH]c3cc(Cl)cc(-n4ccc(C(=O)O)c4)c3n2n1. The minimum absolute atomic E-state index is 0.0691. The number of aromatic carboxylic acids is 1. The van der Waals surface area contributed by atoms with E-state index in [9.17, 15) is 19.5 Å². The van der Waals surface area contributed by atoms with Crippen molar-refractivity contribution in [2.75, 3.05) is 6.61 Å². The van der Waals surface area contributed by atoms with Crippen LogP contribution in [-0.4, -0.2) is 47.8 Å². The smallest absolute Gasteiger partial charge is 0.378 e. The first kappa shape index (κ1) is 17.7. The van der Waals surface area contributed by atoms with Crippen molar-refractivity contribution in [3.05, 3.63) is 57.4 Å². The number of H-pyrrole nitrogens is 1. The fourth-order valence-electron chi connectivity index (χ4n) is 2.85. The first-order chi connectivity index (χ1) is 13.4. The first-order valence-corrected chi connectivity index (χ1v) is 8.48. The maximum Gasteiger partial charge on any atom is 0.378 e. The zero-order valence-electron chi connectivity index (χ0n) is 14.3. The van der Waals surface area contributed by atoms with E-state index >= 15 is 0 Å². The Balaban J connectivity index is 2.06. The summed E-state index contributed by atoms with van der Waals surface area (Å²) in [5, 5.41) is 13.6. The highest BCUT2D eigenvalue weighted by atomic mass is 35.5. The quantitative estimate of drug-likeness (QED) is 0.499. The Kier molecular flexibility index (Phi) is 4.12. The van der Waals surface area contributed by atoms with Crippen LogP contribution in [0.15, 0.2) is 35.4 Å². The molecule has 0 unspecified atom stereocenters. The molecule has 0 saturated heterocycles. The van der Waals surface area contributed by atoms with Crippen LogP contribution in [-0.2, 0) is 4.74 Å². The number of carbonyl (C=O) groups is 2. The Hall–Kier alpha value is -3.66. The van der Waals surface area contributed by atoms with E-state index in [0.717, 1.165) is 0 Å². The van der Waals surface area contributed by atoms with Crippen LogP contribution in [0.3, 0.4) is 0 Å². The van der Waals surface area contributed by atoms with Gasteiger partial charge in [-0.25, -0.2) is 14.1 Å². The van der Waals surface area contributed by atoms with Crippen LogP contribution in [0.4, 0.5) is 0 Å². The van der Waals surface area contributed by atoms with Crippen LogP contribution >= 0.6 is 11.6 Å². The van der Waals surface area contributed by atoms with Crippen LogP contribution < -0.4 is 5.56 Å². The average Bonchev–Trinajstić information content (AvgIpc) is 3.29. The first-order valence-electron chi connectivity index (χ1n) is 8.10. The lowest BCUT2D eigenvalue weighted by atomic mass is 10.2. The van der Waals surface area contributed by atoms with Gasteiger partial charge in [0.15, 0.2) is 0 Å². The number of nitrogens with one attached hydrogen (secondary N) is 1. The second-order valence-electron chi connectivity index (χ2n) is 5.78. The third-order valence-electron chi connectivity index (χ3n) is 4.00. The minimum atomic E-state index is -1.09. The van der Waals surface area contributed by atoms with Crippen molar-refractivity contribution < 1.29 is 19.4 Å². The van der Waals surface area contributed by atoms with Crippen LogP contribution in [0.1, 0.15) is 27.9 Å². The highest BCUT2D eigenvalue weighted by Gasteiger charge is 2.20. The Labute approximate surface area is 160 Å². The van der Waals surface area contributed by atoms with Crippen molar-refractivity contribution >= 4 is 40.2 Å². The van der Waals surface area contributed by atoms with Gasteiger partial charge in [-0.3, -0.25) is 4.79 Å². The lowest BCUT2D eigenvalue weighted by Crippen LogP contribution is -2.13. The number of carboxylic acid groups (broad SMARTS) is 1. The maximum absolute atomic E-state index is 12.4. The number of nitrogens with zero attached hydrogens (tertiary/aromatic N) is 4. The van der Waals surface area contributed by atoms with E-state index in [4.69, 9.17) is 16.3 Å². The topological polar surface area (TPSA) is 132 Å². The van der Waals surface area contributed by atoms with E-state index in [0.29, 0.717) is 21.7 Å². The van der Waals surface area contributed by atoms with E-state index in [1.165, 1.54) is 33.6 Å². The molecule has 0 fully saturated rings. The van der Waals surface area contributed by atoms with Crippen LogP contribution in [0.5, 0.6) is 0 Å². The Bertz CT molecular complexity index is 1320. The van der Waals surface area contributed by atoms with Crippen LogP contribution in [0.25, 0.3) is 22.4 Å². The summed E-state index contributed by atoms with van der Waals surface area (Å²) < 4.78 is 7.64. The summed E-state index contributed by atoms with van der Waals surface area (Å²) in [5.41, 5.74) is 0.559. The second-order valence-corrected chi connectivity index (χ2v) is 6.22. The molecule has 0 aliphatic rings. The number of esters is 1. The standard InChI is InChI=1S/C17H12ClN5O5/c1-2-28-17(27)13-20-14-15(24)19-10-5-9(18)6-11(12(10)23(14)21-13)22-4-3-8(7-22)16(25)26/h3-7H,2H2,1H3,(H,19,24)(H,25,26). The average molecular weight is 402 g/mol. The molecule has 142 valence electrons. The summed E-state index contributed by atoms with van der Waals surface area (Å²) in [6.07, 6.45) is 2.93. The minimum Gasteiger partial charge on any atom is -0.478 e. The van der Waals surface area contributed by atoms with Gasteiger partial charge in [-0.1, -0.05) is 11.6 Å². The summed E-state index contributed by atoms with van der Waals surface area (Å²) in [7, 11) is 0. The molecule has 2 N–H and O–H groups in total. The van der Waals surface area contributed by atoms with Crippen LogP contribution in [0, 0.1) is 0 Å². The third-order valence-corrected chi connectivity index (χ3v) is 4.22. The van der Waals surface area contributed by atoms with Gasteiger partial charge >= 0.3 is 11.9 Å². The van der Waals surface area contributed by atoms with Crippen molar-refractivity contribution in [1.82, 2.24) is 24.1 Å². The molecule has 0 saturated carbocycles. The normalized spacial score (nSPS) is 11.2. The number of hydrogen-bond acceptors (Lipinski definition) is 6. The number of ether oxygens (including phenoxy) is 1. The van der Waals surface area contributed by atoms with Crippen molar-refractivity contribution in [3.63, 3.8) is 0 Å². The molecule has 3 aromatic heterocycles. The molecular formula is C17H12ClN5O5. The van der Waals surface area contributed by atoms with Gasteiger partial charge in [0.25, 0.3) is 11.4 Å². The zero-order chi connectivity index (χ0) is 20.0. The number of halogens is 1. The Morgan fingerprint density at radius 1 is 1.36 bits per heavy atom. The second kappa shape index (κ2) is 6.50. The van der Waals surface area contributed by atoms with Gasteiger partial charge in [-0.05, 0) is 25.1 Å². The van der Waals surface area contributed by atoms with E-state index in [-0.39, 0.29) is 23.6 Å². The van der Waals surface area contributed by atoms with E-state index in [1.54, 1.807) is 13.0 Å². The number of benzene rings is 1. The Morgan fingerprint density at radius 3 is 2.82 bits per heavy atom. The summed E-state index contributed by atoms with van der Waals surface area (Å²) in [6.45, 7) is 1.77. The number of carboxylic acids is 1. The molecule has 4 rings (SSSR count).